The molecule has 0 saturated heterocycles. The summed E-state index contributed by atoms with van der Waals surface area (Å²) in [5.74, 6) is 1.81. The number of hydrogen-bond acceptors (Lipinski definition) is 4. The van der Waals surface area contributed by atoms with E-state index in [4.69, 9.17) is 15.2 Å². The standard InChI is InChI=1S/C74H83N4O.Pt/c1-14-15-16-17-18-20-27-51-36-37-64-62(42-51)63-44-54(38-40-71(2,3)4)68(49-67(63)78(64)69-47-56(39-41-75-69)73(8,9)10)79-59-33-26-32-58(48-59)76-50-77(66-35-24-23-34-65(66)76)70-60(52-28-21-19-22-29-52)45-57(74(11,12)13)46-61(70)53-30-25-31-55(43-53)72(5,6)7;/h19,21-26,28-37,39,41-47,50H,14-18,20,27,38,40H2,1-13H3;/q-3;/i19D,21D,22D,25D,28D,29D,30D,31D,43D;. The Hall–Kier alpha value is -6.42. The van der Waals surface area contributed by atoms with Gasteiger partial charge in [0.05, 0.1) is 12.3 Å². The van der Waals surface area contributed by atoms with E-state index in [1.165, 1.54) is 43.2 Å². The molecular weight excluding hydrogens is 1160 g/mol. The summed E-state index contributed by atoms with van der Waals surface area (Å²) in [6.07, 6.45) is 11.9. The fraction of sp³-hybridized carbons (Fsp3) is 0.351. The molecule has 9 aromatic rings. The third-order valence-electron chi connectivity index (χ3n) is 15.2. The maximum Gasteiger partial charge on any atom is 0.135 e. The zero-order valence-electron chi connectivity index (χ0n) is 58.2. The minimum atomic E-state index is -0.780. The molecule has 10 rings (SSSR count). The van der Waals surface area contributed by atoms with E-state index >= 15 is 0 Å². The quantitative estimate of drug-likeness (QED) is 0.0713. The first-order valence-electron chi connectivity index (χ1n) is 33.0. The predicted octanol–water partition coefficient (Wildman–Crippen LogP) is 21.1. The van der Waals surface area contributed by atoms with Crippen molar-refractivity contribution in [2.75, 3.05) is 9.80 Å². The summed E-state index contributed by atoms with van der Waals surface area (Å²) in [6.45, 7) is 29.2. The Kier molecular flexibility index (Phi) is 13.9. The molecule has 0 spiro atoms. The van der Waals surface area contributed by atoms with Gasteiger partial charge in [-0.3, -0.25) is 0 Å². The van der Waals surface area contributed by atoms with E-state index in [0.717, 1.165) is 58.9 Å². The summed E-state index contributed by atoms with van der Waals surface area (Å²) in [4.78, 5) is 8.87. The molecule has 0 aliphatic carbocycles. The van der Waals surface area contributed by atoms with Gasteiger partial charge in [0.2, 0.25) is 0 Å². The monoisotopic (exact) mass is 1250 g/mol. The fourth-order valence-electron chi connectivity index (χ4n) is 10.5. The molecule has 2 aromatic heterocycles. The second-order valence-corrected chi connectivity index (χ2v) is 25.8. The Balaban J connectivity index is 0.00000941. The van der Waals surface area contributed by atoms with Crippen LogP contribution in [-0.2, 0) is 50.2 Å². The molecule has 0 N–H and O–H groups in total. The Bertz CT molecular complexity index is 4140. The SMILES string of the molecule is [2H]c1c([2H])c([2H])c(-c2cc(C(C)(C)C)cc(-c3c([2H])c([2H])c([2H])c(C(C)(C)C)c3[2H])c2N2[CH-]N(c3[c-]c(Oc4[c-]c5c(cc4CCC(C)(C)C)c4cc(CCCCCCCC)ccc4n5-c4cc(C(C)(C)C)ccn4)ccc3)c3ccccc32)c([2H])c1[2H].[Pt]. The van der Waals surface area contributed by atoms with Crippen LogP contribution >= 0.6 is 0 Å². The van der Waals surface area contributed by atoms with Gasteiger partial charge in [-0.2, -0.15) is 12.1 Å². The van der Waals surface area contributed by atoms with Crippen molar-refractivity contribution in [3.8, 4) is 39.6 Å². The summed E-state index contributed by atoms with van der Waals surface area (Å²) >= 11 is 0. The zero-order valence-corrected chi connectivity index (χ0v) is 51.5. The number of fused-ring (bicyclic) bond motifs is 4. The third kappa shape index (κ3) is 12.7. The number of aryl methyl sites for hydroxylation is 2. The molecule has 0 fully saturated rings. The smallest absolute Gasteiger partial charge is 0.135 e. The van der Waals surface area contributed by atoms with Gasteiger partial charge >= 0.3 is 0 Å². The minimum absolute atomic E-state index is 0. The van der Waals surface area contributed by atoms with Crippen LogP contribution in [0.15, 0.2) is 152 Å². The van der Waals surface area contributed by atoms with Crippen LogP contribution in [0.3, 0.4) is 0 Å². The van der Waals surface area contributed by atoms with Crippen molar-refractivity contribution in [2.24, 2.45) is 5.41 Å². The second kappa shape index (κ2) is 23.6. The summed E-state index contributed by atoms with van der Waals surface area (Å²) in [5.41, 5.74) is 7.82. The Morgan fingerprint density at radius 1 is 0.600 bits per heavy atom. The average molecular weight is 1250 g/mol. The maximum atomic E-state index is 9.94. The summed E-state index contributed by atoms with van der Waals surface area (Å²) < 4.78 is 92.7. The molecule has 6 heteroatoms. The summed E-state index contributed by atoms with van der Waals surface area (Å²) in [5, 5.41) is 2.23. The number of nitrogens with zero attached hydrogens (tertiary/aromatic N) is 4. The molecule has 418 valence electrons. The number of hydrogen-bond donors (Lipinski definition) is 0. The van der Waals surface area contributed by atoms with Crippen LogP contribution in [0.4, 0.5) is 22.7 Å². The number of unbranched alkanes of at least 4 members (excludes halogenated alkanes) is 5. The van der Waals surface area contributed by atoms with E-state index in [2.05, 4.69) is 102 Å². The van der Waals surface area contributed by atoms with Crippen molar-refractivity contribution in [1.29, 1.82) is 0 Å². The normalized spacial score (nSPS) is 14.6. The third-order valence-corrected chi connectivity index (χ3v) is 15.2. The van der Waals surface area contributed by atoms with Gasteiger partial charge in [0, 0.05) is 72.5 Å². The van der Waals surface area contributed by atoms with Gasteiger partial charge in [0.1, 0.15) is 5.82 Å². The molecular formula is C74H83N4OPt-3. The van der Waals surface area contributed by atoms with Gasteiger partial charge in [-0.15, -0.1) is 47.6 Å². The molecule has 80 heavy (non-hydrogen) atoms. The largest absolute Gasteiger partial charge is 0.509 e. The molecule has 0 saturated carbocycles. The van der Waals surface area contributed by atoms with Gasteiger partial charge in [-0.25, -0.2) is 4.98 Å². The van der Waals surface area contributed by atoms with Gasteiger partial charge in [0.25, 0.3) is 0 Å². The van der Waals surface area contributed by atoms with Crippen LogP contribution in [-0.4, -0.2) is 9.55 Å². The predicted molar refractivity (Wildman–Crippen MR) is 336 cm³/mol. The van der Waals surface area contributed by atoms with Crippen molar-refractivity contribution in [3.05, 3.63) is 198 Å². The van der Waals surface area contributed by atoms with E-state index in [1.807, 2.05) is 119 Å². The molecule has 0 unspecified atom stereocenters. The first-order valence-corrected chi connectivity index (χ1v) is 28.5. The van der Waals surface area contributed by atoms with Crippen LogP contribution in [0.25, 0.3) is 49.9 Å². The van der Waals surface area contributed by atoms with E-state index in [0.29, 0.717) is 45.4 Å². The summed E-state index contributed by atoms with van der Waals surface area (Å²) in [7, 11) is 0. The molecule has 0 atom stereocenters. The van der Waals surface area contributed by atoms with Crippen LogP contribution < -0.4 is 14.5 Å². The minimum Gasteiger partial charge on any atom is -0.509 e. The Labute approximate surface area is 506 Å². The molecule has 0 amide bonds. The number of para-hydroxylation sites is 2. The molecule has 5 nitrogen and oxygen atoms in total. The van der Waals surface area contributed by atoms with Crippen molar-refractivity contribution in [1.82, 2.24) is 9.55 Å². The first-order chi connectivity index (χ1) is 41.4. The number of pyridine rings is 1. The average Bonchev–Trinajstić information content (AvgIpc) is 1.75. The van der Waals surface area contributed by atoms with Gasteiger partial charge in [-0.1, -0.05) is 219 Å². The number of ether oxygens (including phenoxy) is 1. The Morgan fingerprint density at radius 3 is 1.98 bits per heavy atom. The van der Waals surface area contributed by atoms with E-state index < -0.39 is 41.0 Å². The molecule has 7 aromatic carbocycles. The van der Waals surface area contributed by atoms with E-state index in [9.17, 15) is 6.85 Å². The molecule has 3 heterocycles. The zero-order chi connectivity index (χ0) is 63.7. The first kappa shape index (κ1) is 47.2. The van der Waals surface area contributed by atoms with Crippen LogP contribution in [0.5, 0.6) is 11.5 Å². The van der Waals surface area contributed by atoms with Crippen molar-refractivity contribution in [2.45, 2.75) is 164 Å². The molecule has 0 bridgehead atoms. The fourth-order valence-corrected chi connectivity index (χ4v) is 10.5. The maximum absolute atomic E-state index is 9.94. The van der Waals surface area contributed by atoms with Crippen molar-refractivity contribution < 1.29 is 38.1 Å². The van der Waals surface area contributed by atoms with Crippen molar-refractivity contribution in [3.63, 3.8) is 0 Å². The summed E-state index contributed by atoms with van der Waals surface area (Å²) in [6, 6.07) is 34.8. The van der Waals surface area contributed by atoms with Gasteiger partial charge < -0.3 is 19.1 Å². The molecule has 0 radical (unpaired) electrons. The van der Waals surface area contributed by atoms with Crippen LogP contribution in [0.1, 0.15) is 175 Å². The van der Waals surface area contributed by atoms with Gasteiger partial charge in [-0.05, 0) is 116 Å². The van der Waals surface area contributed by atoms with Crippen LogP contribution in [0.2, 0.25) is 0 Å². The Morgan fingerprint density at radius 2 is 1.27 bits per heavy atom. The number of anilines is 4. The van der Waals surface area contributed by atoms with E-state index in [-0.39, 0.29) is 78.3 Å². The number of rotatable bonds is 16. The molecule has 1 aliphatic rings. The second-order valence-electron chi connectivity index (χ2n) is 25.8. The van der Waals surface area contributed by atoms with E-state index in [1.54, 1.807) is 0 Å². The number of aromatic nitrogens is 2. The van der Waals surface area contributed by atoms with Gasteiger partial charge in [0.15, 0.2) is 0 Å². The topological polar surface area (TPSA) is 33.5 Å². The number of benzene rings is 7. The van der Waals surface area contributed by atoms with Crippen LogP contribution in [0, 0.1) is 24.2 Å². The molecule has 1 aliphatic heterocycles. The van der Waals surface area contributed by atoms with Crippen molar-refractivity contribution >= 4 is 44.6 Å².